The summed E-state index contributed by atoms with van der Waals surface area (Å²) in [6, 6.07) is 14.5. The van der Waals surface area contributed by atoms with Crippen LogP contribution in [0.25, 0.3) is 0 Å². The molecule has 3 rings (SSSR count). The van der Waals surface area contributed by atoms with Gasteiger partial charge in [-0.05, 0) is 55.6 Å². The van der Waals surface area contributed by atoms with Gasteiger partial charge in [0.25, 0.3) is 0 Å². The molecule has 2 aromatic rings. The highest BCUT2D eigenvalue weighted by Gasteiger charge is 2.21. The van der Waals surface area contributed by atoms with E-state index < -0.39 is 6.10 Å². The molecule has 0 saturated heterocycles. The number of ether oxygens (including phenoxy) is 2. The number of fused-ring (bicyclic) bond motifs is 1. The number of rotatable bonds is 8. The Morgan fingerprint density at radius 2 is 2.07 bits per heavy atom. The third-order valence-corrected chi connectivity index (χ3v) is 5.50. The highest BCUT2D eigenvalue weighted by molar-refractivity contribution is 9.10. The molecule has 0 fully saturated rings. The van der Waals surface area contributed by atoms with Gasteiger partial charge in [-0.3, -0.25) is 4.90 Å². The normalized spacial score (nSPS) is 17.6. The van der Waals surface area contributed by atoms with E-state index in [1.807, 2.05) is 19.2 Å². The topological polar surface area (TPSA) is 41.9 Å². The number of likely N-dealkylation sites (N-methyl/N-ethyl adjacent to an activating group) is 1. The molecule has 0 bridgehead atoms. The van der Waals surface area contributed by atoms with E-state index in [0.717, 1.165) is 35.0 Å². The van der Waals surface area contributed by atoms with E-state index in [4.69, 9.17) is 9.47 Å². The Labute approximate surface area is 170 Å². The Morgan fingerprint density at radius 1 is 1.26 bits per heavy atom. The number of benzene rings is 2. The van der Waals surface area contributed by atoms with Crippen molar-refractivity contribution in [3.63, 3.8) is 0 Å². The summed E-state index contributed by atoms with van der Waals surface area (Å²) in [4.78, 5) is 2.09. The van der Waals surface area contributed by atoms with Crippen molar-refractivity contribution < 1.29 is 14.6 Å². The zero-order valence-corrected chi connectivity index (χ0v) is 17.6. The van der Waals surface area contributed by atoms with Crippen LogP contribution in [-0.2, 0) is 17.7 Å². The standard InChI is InChI=1S/C22H28BrNO3/c1-24(13-17-12-18(23)10-11-21(17)26-2)14-19(25)15-27-22-9-5-7-16-6-3-4-8-20(16)22/h3-4,6,8,10-12,19,22,25H,5,7,9,13-15H2,1-2H3. The lowest BCUT2D eigenvalue weighted by Gasteiger charge is -2.27. The molecule has 1 N–H and O–H groups in total. The number of hydrogen-bond donors (Lipinski definition) is 1. The molecule has 0 heterocycles. The third-order valence-electron chi connectivity index (χ3n) is 5.01. The molecule has 0 aromatic heterocycles. The average Bonchev–Trinajstić information content (AvgIpc) is 2.66. The van der Waals surface area contributed by atoms with E-state index >= 15 is 0 Å². The van der Waals surface area contributed by atoms with E-state index in [1.165, 1.54) is 11.1 Å². The molecule has 0 radical (unpaired) electrons. The van der Waals surface area contributed by atoms with Crippen molar-refractivity contribution in [2.45, 2.75) is 38.0 Å². The highest BCUT2D eigenvalue weighted by Crippen LogP contribution is 2.32. The third kappa shape index (κ3) is 5.55. The van der Waals surface area contributed by atoms with Crippen LogP contribution in [0.2, 0.25) is 0 Å². The molecule has 1 aliphatic carbocycles. The lowest BCUT2D eigenvalue weighted by Crippen LogP contribution is -2.32. The molecule has 0 aliphatic heterocycles. The first-order valence-corrected chi connectivity index (χ1v) is 10.2. The van der Waals surface area contributed by atoms with Crippen LogP contribution < -0.4 is 4.74 Å². The van der Waals surface area contributed by atoms with Gasteiger partial charge in [0.15, 0.2) is 0 Å². The monoisotopic (exact) mass is 433 g/mol. The predicted molar refractivity (Wildman–Crippen MR) is 111 cm³/mol. The quantitative estimate of drug-likeness (QED) is 0.671. The van der Waals surface area contributed by atoms with Crippen molar-refractivity contribution >= 4 is 15.9 Å². The van der Waals surface area contributed by atoms with Crippen LogP contribution in [0.5, 0.6) is 5.75 Å². The van der Waals surface area contributed by atoms with Crippen LogP contribution in [0.4, 0.5) is 0 Å². The zero-order valence-electron chi connectivity index (χ0n) is 16.0. The lowest BCUT2D eigenvalue weighted by atomic mass is 9.89. The van der Waals surface area contributed by atoms with Gasteiger partial charge >= 0.3 is 0 Å². The van der Waals surface area contributed by atoms with Crippen molar-refractivity contribution in [2.24, 2.45) is 0 Å². The molecule has 146 valence electrons. The molecule has 4 nitrogen and oxygen atoms in total. The second-order valence-corrected chi connectivity index (χ2v) is 8.14. The molecule has 1 aliphatic rings. The van der Waals surface area contributed by atoms with Crippen LogP contribution in [0, 0.1) is 0 Å². The summed E-state index contributed by atoms with van der Waals surface area (Å²) in [5, 5.41) is 10.5. The second kappa shape index (κ2) is 9.69. The highest BCUT2D eigenvalue weighted by atomic mass is 79.9. The summed E-state index contributed by atoms with van der Waals surface area (Å²) in [7, 11) is 3.68. The maximum atomic E-state index is 10.5. The van der Waals surface area contributed by atoms with Crippen molar-refractivity contribution in [3.05, 3.63) is 63.6 Å². The number of nitrogens with zero attached hydrogens (tertiary/aromatic N) is 1. The molecular formula is C22H28BrNO3. The number of aryl methyl sites for hydroxylation is 1. The fourth-order valence-corrected chi connectivity index (χ4v) is 4.16. The molecule has 2 atom stereocenters. The molecule has 5 heteroatoms. The van der Waals surface area contributed by atoms with Gasteiger partial charge in [-0.2, -0.15) is 0 Å². The molecule has 27 heavy (non-hydrogen) atoms. The predicted octanol–water partition coefficient (Wildman–Crippen LogP) is 4.34. The summed E-state index contributed by atoms with van der Waals surface area (Å²) in [5.74, 6) is 0.856. The number of hydrogen-bond acceptors (Lipinski definition) is 4. The summed E-state index contributed by atoms with van der Waals surface area (Å²) in [5.41, 5.74) is 3.74. The maximum absolute atomic E-state index is 10.5. The van der Waals surface area contributed by atoms with Gasteiger partial charge in [-0.1, -0.05) is 40.2 Å². The Balaban J connectivity index is 1.51. The van der Waals surface area contributed by atoms with Gasteiger partial charge in [0, 0.05) is 23.1 Å². The van der Waals surface area contributed by atoms with Gasteiger partial charge < -0.3 is 14.6 Å². The molecule has 0 spiro atoms. The van der Waals surface area contributed by atoms with Gasteiger partial charge in [0.2, 0.25) is 0 Å². The number of halogens is 1. The smallest absolute Gasteiger partial charge is 0.123 e. The Bertz CT molecular complexity index is 752. The zero-order chi connectivity index (χ0) is 19.2. The number of aliphatic hydroxyl groups excluding tert-OH is 1. The van der Waals surface area contributed by atoms with E-state index in [1.54, 1.807) is 7.11 Å². The van der Waals surface area contributed by atoms with Crippen LogP contribution in [0.3, 0.4) is 0 Å². The fraction of sp³-hybridized carbons (Fsp3) is 0.455. The lowest BCUT2D eigenvalue weighted by molar-refractivity contribution is -0.0266. The Hall–Kier alpha value is -1.40. The van der Waals surface area contributed by atoms with Crippen LogP contribution in [-0.4, -0.2) is 43.4 Å². The van der Waals surface area contributed by atoms with Gasteiger partial charge in [0.05, 0.1) is 25.9 Å². The average molecular weight is 434 g/mol. The van der Waals surface area contributed by atoms with Crippen LogP contribution in [0.15, 0.2) is 46.9 Å². The van der Waals surface area contributed by atoms with E-state index in [-0.39, 0.29) is 6.10 Å². The summed E-state index contributed by atoms with van der Waals surface area (Å²) < 4.78 is 12.5. The number of methoxy groups -OCH3 is 1. The summed E-state index contributed by atoms with van der Waals surface area (Å²) >= 11 is 3.51. The minimum atomic E-state index is -0.526. The summed E-state index contributed by atoms with van der Waals surface area (Å²) in [6.45, 7) is 1.59. The maximum Gasteiger partial charge on any atom is 0.123 e. The fourth-order valence-electron chi connectivity index (χ4n) is 3.75. The first-order valence-electron chi connectivity index (χ1n) is 9.45. The van der Waals surface area contributed by atoms with Gasteiger partial charge in [0.1, 0.15) is 5.75 Å². The summed E-state index contributed by atoms with van der Waals surface area (Å²) in [6.07, 6.45) is 2.85. The Kier molecular flexibility index (Phi) is 7.30. The minimum absolute atomic E-state index is 0.0973. The molecule has 0 saturated carbocycles. The molecular weight excluding hydrogens is 406 g/mol. The first-order chi connectivity index (χ1) is 13.1. The second-order valence-electron chi connectivity index (χ2n) is 7.22. The molecule has 2 aromatic carbocycles. The molecule has 2 unspecified atom stereocenters. The van der Waals surface area contributed by atoms with Crippen molar-refractivity contribution in [2.75, 3.05) is 27.3 Å². The number of aliphatic hydroxyl groups is 1. The van der Waals surface area contributed by atoms with E-state index in [2.05, 4.69) is 51.2 Å². The van der Waals surface area contributed by atoms with Crippen molar-refractivity contribution in [3.8, 4) is 5.75 Å². The van der Waals surface area contributed by atoms with Crippen LogP contribution in [0.1, 0.15) is 35.6 Å². The van der Waals surface area contributed by atoms with Gasteiger partial charge in [-0.15, -0.1) is 0 Å². The Morgan fingerprint density at radius 3 is 2.89 bits per heavy atom. The van der Waals surface area contributed by atoms with Gasteiger partial charge in [-0.25, -0.2) is 0 Å². The first kappa shape index (κ1) is 20.3. The van der Waals surface area contributed by atoms with E-state index in [9.17, 15) is 5.11 Å². The van der Waals surface area contributed by atoms with Crippen LogP contribution >= 0.6 is 15.9 Å². The SMILES string of the molecule is COc1ccc(Br)cc1CN(C)CC(O)COC1CCCc2ccccc21. The van der Waals surface area contributed by atoms with Crippen molar-refractivity contribution in [1.29, 1.82) is 0 Å². The molecule has 0 amide bonds. The minimum Gasteiger partial charge on any atom is -0.496 e. The largest absolute Gasteiger partial charge is 0.496 e. The van der Waals surface area contributed by atoms with E-state index in [0.29, 0.717) is 19.7 Å². The van der Waals surface area contributed by atoms with Crippen molar-refractivity contribution in [1.82, 2.24) is 4.90 Å².